The summed E-state index contributed by atoms with van der Waals surface area (Å²) in [7, 11) is 1.56. The highest BCUT2D eigenvalue weighted by Crippen LogP contribution is 2.19. The second kappa shape index (κ2) is 6.31. The molecule has 0 saturated heterocycles. The first kappa shape index (κ1) is 11.9. The van der Waals surface area contributed by atoms with Gasteiger partial charge < -0.3 is 15.2 Å². The molecule has 1 heterocycles. The molecule has 15 heavy (non-hydrogen) atoms. The van der Waals surface area contributed by atoms with E-state index >= 15 is 0 Å². The van der Waals surface area contributed by atoms with E-state index < -0.39 is 0 Å². The minimum atomic E-state index is -0.194. The Labute approximate surface area is 89.6 Å². The van der Waals surface area contributed by atoms with Crippen LogP contribution in [-0.4, -0.2) is 30.3 Å². The fraction of sp³-hybridized carbons (Fsp3) is 0.600. The average molecular weight is 211 g/mol. The lowest BCUT2D eigenvalue weighted by Gasteiger charge is -2.12. The first-order valence-corrected chi connectivity index (χ1v) is 4.97. The van der Waals surface area contributed by atoms with Crippen LogP contribution in [0.5, 0.6) is 5.88 Å². The van der Waals surface area contributed by atoms with Gasteiger partial charge in [-0.15, -0.1) is 0 Å². The Morgan fingerprint density at radius 2 is 2.13 bits per heavy atom. The van der Waals surface area contributed by atoms with E-state index in [0.717, 1.165) is 0 Å². The Kier molecular flexibility index (Phi) is 5.00. The molecule has 0 aliphatic carbocycles. The second-order valence-corrected chi connectivity index (χ2v) is 3.04. The van der Waals surface area contributed by atoms with Crippen LogP contribution in [0.15, 0.2) is 12.4 Å². The van der Waals surface area contributed by atoms with Crippen molar-refractivity contribution >= 4 is 0 Å². The van der Waals surface area contributed by atoms with Crippen LogP contribution in [0.4, 0.5) is 0 Å². The van der Waals surface area contributed by atoms with Gasteiger partial charge in [-0.25, -0.2) is 4.98 Å². The Hall–Kier alpha value is -1.20. The van der Waals surface area contributed by atoms with Crippen molar-refractivity contribution in [3.05, 3.63) is 18.1 Å². The zero-order chi connectivity index (χ0) is 11.1. The molecule has 5 nitrogen and oxygen atoms in total. The van der Waals surface area contributed by atoms with Gasteiger partial charge in [0, 0.05) is 25.6 Å². The number of nitrogens with two attached hydrogens (primary N) is 1. The molecular formula is C10H17N3O2. The quantitative estimate of drug-likeness (QED) is 0.708. The summed E-state index contributed by atoms with van der Waals surface area (Å²) in [6.07, 6.45) is 3.90. The average Bonchev–Trinajstić information content (AvgIpc) is 2.29. The van der Waals surface area contributed by atoms with Gasteiger partial charge in [0.15, 0.2) is 0 Å². The Morgan fingerprint density at radius 3 is 2.80 bits per heavy atom. The highest BCUT2D eigenvalue weighted by atomic mass is 16.5. The summed E-state index contributed by atoms with van der Waals surface area (Å²) < 4.78 is 10.3. The van der Waals surface area contributed by atoms with E-state index in [1.165, 1.54) is 0 Å². The van der Waals surface area contributed by atoms with Crippen molar-refractivity contribution in [3.63, 3.8) is 0 Å². The molecule has 0 aliphatic heterocycles. The lowest BCUT2D eigenvalue weighted by Crippen LogP contribution is -2.16. The monoisotopic (exact) mass is 211 g/mol. The molecule has 1 atom stereocenters. The minimum absolute atomic E-state index is 0.194. The number of methoxy groups -OCH3 is 1. The van der Waals surface area contributed by atoms with Crippen LogP contribution in [-0.2, 0) is 4.74 Å². The van der Waals surface area contributed by atoms with Gasteiger partial charge >= 0.3 is 0 Å². The van der Waals surface area contributed by atoms with Gasteiger partial charge in [-0.2, -0.15) is 0 Å². The number of nitrogens with zero attached hydrogens (tertiary/aromatic N) is 2. The molecule has 0 amide bonds. The standard InChI is InChI=1S/C10H17N3O2/c1-3-15-7-4-8(11)9-10(14-2)13-6-5-12-9/h5-6,8H,3-4,7,11H2,1-2H3. The third-order valence-electron chi connectivity index (χ3n) is 2.01. The number of rotatable bonds is 6. The van der Waals surface area contributed by atoms with Crippen molar-refractivity contribution in [1.29, 1.82) is 0 Å². The van der Waals surface area contributed by atoms with Crippen molar-refractivity contribution in [1.82, 2.24) is 9.97 Å². The summed E-state index contributed by atoms with van der Waals surface area (Å²) in [6, 6.07) is -0.194. The van der Waals surface area contributed by atoms with Gasteiger partial charge in [-0.3, -0.25) is 4.98 Å². The van der Waals surface area contributed by atoms with Crippen LogP contribution in [0.3, 0.4) is 0 Å². The third-order valence-corrected chi connectivity index (χ3v) is 2.01. The second-order valence-electron chi connectivity index (χ2n) is 3.04. The van der Waals surface area contributed by atoms with Crippen LogP contribution >= 0.6 is 0 Å². The van der Waals surface area contributed by atoms with Crippen LogP contribution < -0.4 is 10.5 Å². The first-order valence-electron chi connectivity index (χ1n) is 4.97. The number of hydrogen-bond donors (Lipinski definition) is 1. The summed E-state index contributed by atoms with van der Waals surface area (Å²) in [5.41, 5.74) is 6.63. The largest absolute Gasteiger partial charge is 0.480 e. The molecule has 1 aromatic rings. The van der Waals surface area contributed by atoms with E-state index in [2.05, 4.69) is 9.97 Å². The van der Waals surface area contributed by atoms with Crippen LogP contribution in [0, 0.1) is 0 Å². The summed E-state index contributed by atoms with van der Waals surface area (Å²) >= 11 is 0. The summed E-state index contributed by atoms with van der Waals surface area (Å²) in [5.74, 6) is 0.487. The SMILES string of the molecule is CCOCCC(N)c1nccnc1OC. The van der Waals surface area contributed by atoms with Gasteiger partial charge in [-0.1, -0.05) is 0 Å². The zero-order valence-corrected chi connectivity index (χ0v) is 9.14. The van der Waals surface area contributed by atoms with Crippen LogP contribution in [0.2, 0.25) is 0 Å². The lowest BCUT2D eigenvalue weighted by atomic mass is 10.1. The van der Waals surface area contributed by atoms with E-state index in [1.54, 1.807) is 19.5 Å². The smallest absolute Gasteiger partial charge is 0.236 e. The molecule has 0 fully saturated rings. The van der Waals surface area contributed by atoms with Crippen molar-refractivity contribution in [3.8, 4) is 5.88 Å². The molecule has 84 valence electrons. The predicted octanol–water partition coefficient (Wildman–Crippen LogP) is 0.912. The van der Waals surface area contributed by atoms with E-state index in [9.17, 15) is 0 Å². The molecule has 0 saturated carbocycles. The molecule has 0 radical (unpaired) electrons. The van der Waals surface area contributed by atoms with Crippen LogP contribution in [0.1, 0.15) is 25.1 Å². The molecule has 0 bridgehead atoms. The maximum Gasteiger partial charge on any atom is 0.236 e. The van der Waals surface area contributed by atoms with E-state index in [4.69, 9.17) is 15.2 Å². The Bertz CT molecular complexity index is 294. The maximum absolute atomic E-state index is 5.95. The predicted molar refractivity (Wildman–Crippen MR) is 56.6 cm³/mol. The zero-order valence-electron chi connectivity index (χ0n) is 9.14. The Morgan fingerprint density at radius 1 is 1.40 bits per heavy atom. The highest BCUT2D eigenvalue weighted by Gasteiger charge is 2.13. The van der Waals surface area contributed by atoms with Crippen LogP contribution in [0.25, 0.3) is 0 Å². The van der Waals surface area contributed by atoms with Crippen molar-refractivity contribution in [2.75, 3.05) is 20.3 Å². The maximum atomic E-state index is 5.95. The fourth-order valence-electron chi connectivity index (χ4n) is 1.24. The van der Waals surface area contributed by atoms with Gasteiger partial charge in [0.1, 0.15) is 5.69 Å². The third kappa shape index (κ3) is 3.45. The van der Waals surface area contributed by atoms with E-state index in [0.29, 0.717) is 31.2 Å². The van der Waals surface area contributed by atoms with Gasteiger partial charge in [0.25, 0.3) is 0 Å². The molecule has 1 aromatic heterocycles. The minimum Gasteiger partial charge on any atom is -0.480 e. The van der Waals surface area contributed by atoms with Gasteiger partial charge in [0.05, 0.1) is 13.2 Å². The molecule has 1 unspecified atom stereocenters. The van der Waals surface area contributed by atoms with Gasteiger partial charge in [0.2, 0.25) is 5.88 Å². The first-order chi connectivity index (χ1) is 7.29. The topological polar surface area (TPSA) is 70.3 Å². The van der Waals surface area contributed by atoms with Crippen molar-refractivity contribution in [2.45, 2.75) is 19.4 Å². The summed E-state index contributed by atoms with van der Waals surface area (Å²) in [4.78, 5) is 8.20. The normalized spacial score (nSPS) is 12.5. The molecule has 5 heteroatoms. The highest BCUT2D eigenvalue weighted by molar-refractivity contribution is 5.20. The summed E-state index contributed by atoms with van der Waals surface area (Å²) in [6.45, 7) is 3.27. The number of ether oxygens (including phenoxy) is 2. The van der Waals surface area contributed by atoms with Crippen molar-refractivity contribution in [2.24, 2.45) is 5.73 Å². The summed E-state index contributed by atoms with van der Waals surface area (Å²) in [5, 5.41) is 0. The molecule has 0 aromatic carbocycles. The molecular weight excluding hydrogens is 194 g/mol. The molecule has 0 aliphatic rings. The lowest BCUT2D eigenvalue weighted by molar-refractivity contribution is 0.139. The van der Waals surface area contributed by atoms with E-state index in [1.807, 2.05) is 6.92 Å². The molecule has 2 N–H and O–H groups in total. The van der Waals surface area contributed by atoms with Gasteiger partial charge in [-0.05, 0) is 13.3 Å². The van der Waals surface area contributed by atoms with E-state index in [-0.39, 0.29) is 6.04 Å². The number of hydrogen-bond acceptors (Lipinski definition) is 5. The van der Waals surface area contributed by atoms with Crippen molar-refractivity contribution < 1.29 is 9.47 Å². The number of aromatic nitrogens is 2. The molecule has 1 rings (SSSR count). The fourth-order valence-corrected chi connectivity index (χ4v) is 1.24. The molecule has 0 spiro atoms. The Balaban J connectivity index is 2.59.